The number of carbonyl (C=O) groups excluding carboxylic acids is 1. The second-order valence-corrected chi connectivity index (χ2v) is 10.5. The number of nitrogens with zero attached hydrogens (tertiary/aromatic N) is 1. The monoisotopic (exact) mass is 505 g/mol. The minimum Gasteiger partial charge on any atom is -0.497 e. The minimum atomic E-state index is -0.642. The number of benzene rings is 2. The van der Waals surface area contributed by atoms with Gasteiger partial charge in [0.25, 0.3) is 0 Å². The maximum Gasteiger partial charge on any atom is 0.340 e. The summed E-state index contributed by atoms with van der Waals surface area (Å²) < 4.78 is 17.1. The highest BCUT2D eigenvalue weighted by Crippen LogP contribution is 2.40. The van der Waals surface area contributed by atoms with Gasteiger partial charge in [-0.2, -0.15) is 0 Å². The molecule has 5 rings (SSSR count). The molecule has 1 aliphatic carbocycles. The van der Waals surface area contributed by atoms with Crippen LogP contribution in [0.25, 0.3) is 11.0 Å². The van der Waals surface area contributed by atoms with E-state index in [1.807, 2.05) is 55.1 Å². The molecule has 1 aromatic heterocycles. The number of hydrogen-bond acceptors (Lipinski definition) is 6. The number of likely N-dealkylation sites (tertiary alicyclic amines) is 1. The van der Waals surface area contributed by atoms with Gasteiger partial charge in [0.1, 0.15) is 23.7 Å². The quantitative estimate of drug-likeness (QED) is 0.489. The Hall–Kier alpha value is -3.32. The van der Waals surface area contributed by atoms with Crippen molar-refractivity contribution in [3.63, 3.8) is 0 Å². The van der Waals surface area contributed by atoms with Crippen LogP contribution in [0, 0.1) is 19.8 Å². The lowest BCUT2D eigenvalue weighted by Gasteiger charge is -2.47. The van der Waals surface area contributed by atoms with Crippen molar-refractivity contribution in [3.8, 4) is 11.5 Å². The van der Waals surface area contributed by atoms with Crippen LogP contribution < -0.4 is 15.1 Å². The Morgan fingerprint density at radius 2 is 2.00 bits per heavy atom. The molecule has 0 bridgehead atoms. The van der Waals surface area contributed by atoms with Gasteiger partial charge in [-0.3, -0.25) is 4.79 Å². The number of aliphatic hydroxyl groups is 1. The smallest absolute Gasteiger partial charge is 0.340 e. The van der Waals surface area contributed by atoms with Crippen molar-refractivity contribution in [2.45, 2.75) is 64.6 Å². The first-order valence-corrected chi connectivity index (χ1v) is 13.1. The van der Waals surface area contributed by atoms with Gasteiger partial charge in [0.15, 0.2) is 0 Å². The lowest BCUT2D eigenvalue weighted by molar-refractivity contribution is -0.142. The van der Waals surface area contributed by atoms with E-state index in [9.17, 15) is 14.7 Å². The molecule has 2 atom stereocenters. The highest BCUT2D eigenvalue weighted by molar-refractivity contribution is 5.87. The van der Waals surface area contributed by atoms with Gasteiger partial charge in [-0.05, 0) is 68.5 Å². The summed E-state index contributed by atoms with van der Waals surface area (Å²) in [7, 11) is 1.63. The molecule has 2 heterocycles. The van der Waals surface area contributed by atoms with E-state index in [0.29, 0.717) is 43.0 Å². The zero-order valence-electron chi connectivity index (χ0n) is 21.8. The van der Waals surface area contributed by atoms with Gasteiger partial charge in [0.2, 0.25) is 5.91 Å². The van der Waals surface area contributed by atoms with E-state index in [0.717, 1.165) is 53.5 Å². The Labute approximate surface area is 217 Å². The van der Waals surface area contributed by atoms with Crippen molar-refractivity contribution in [1.82, 2.24) is 4.90 Å². The first-order chi connectivity index (χ1) is 17.8. The number of hydrogen-bond donors (Lipinski definition) is 1. The van der Waals surface area contributed by atoms with Gasteiger partial charge >= 0.3 is 5.63 Å². The number of fused-ring (bicyclic) bond motifs is 2. The van der Waals surface area contributed by atoms with E-state index in [4.69, 9.17) is 13.9 Å². The molecule has 0 spiro atoms. The van der Waals surface area contributed by atoms with Crippen LogP contribution in [-0.2, 0) is 17.8 Å². The van der Waals surface area contributed by atoms with Crippen LogP contribution in [0.3, 0.4) is 0 Å². The van der Waals surface area contributed by atoms with Crippen molar-refractivity contribution in [2.24, 2.45) is 5.92 Å². The largest absolute Gasteiger partial charge is 0.497 e. The van der Waals surface area contributed by atoms with E-state index in [1.54, 1.807) is 7.11 Å². The summed E-state index contributed by atoms with van der Waals surface area (Å²) in [6.07, 6.45) is 4.50. The van der Waals surface area contributed by atoms with E-state index in [2.05, 4.69) is 0 Å². The van der Waals surface area contributed by atoms with E-state index in [-0.39, 0.29) is 18.2 Å². The molecular formula is C30H35NO6. The summed E-state index contributed by atoms with van der Waals surface area (Å²) in [5.41, 5.74) is 2.21. The van der Waals surface area contributed by atoms with Gasteiger partial charge < -0.3 is 23.9 Å². The van der Waals surface area contributed by atoms with Gasteiger partial charge in [0.05, 0.1) is 24.7 Å². The molecule has 196 valence electrons. The molecule has 0 unspecified atom stereocenters. The second-order valence-electron chi connectivity index (χ2n) is 10.5. The summed E-state index contributed by atoms with van der Waals surface area (Å²) in [4.78, 5) is 28.1. The summed E-state index contributed by atoms with van der Waals surface area (Å²) in [6, 6.07) is 11.4. The molecule has 1 amide bonds. The molecule has 7 heteroatoms. The Kier molecular flexibility index (Phi) is 6.99. The van der Waals surface area contributed by atoms with Crippen molar-refractivity contribution in [2.75, 3.05) is 20.2 Å². The van der Waals surface area contributed by atoms with E-state index in [1.165, 1.54) is 0 Å². The zero-order valence-corrected chi connectivity index (χ0v) is 21.8. The van der Waals surface area contributed by atoms with Crippen molar-refractivity contribution >= 4 is 16.9 Å². The maximum absolute atomic E-state index is 13.2. The first kappa shape index (κ1) is 25.3. The first-order valence-electron chi connectivity index (χ1n) is 13.1. The predicted octanol–water partition coefficient (Wildman–Crippen LogP) is 4.69. The third-order valence-corrected chi connectivity index (χ3v) is 8.29. The molecule has 2 fully saturated rings. The summed E-state index contributed by atoms with van der Waals surface area (Å²) >= 11 is 0. The van der Waals surface area contributed by atoms with Crippen molar-refractivity contribution in [3.05, 3.63) is 69.1 Å². The number of methoxy groups -OCH3 is 1. The fourth-order valence-electron chi connectivity index (χ4n) is 5.92. The lowest BCUT2D eigenvalue weighted by Crippen LogP contribution is -2.55. The van der Waals surface area contributed by atoms with E-state index >= 15 is 0 Å². The zero-order chi connectivity index (χ0) is 26.2. The van der Waals surface area contributed by atoms with Crippen LogP contribution in [0.5, 0.6) is 11.5 Å². The van der Waals surface area contributed by atoms with Gasteiger partial charge in [-0.1, -0.05) is 25.0 Å². The fraction of sp³-hybridized carbons (Fsp3) is 0.467. The van der Waals surface area contributed by atoms with Gasteiger partial charge in [0, 0.05) is 30.0 Å². The number of aryl methyl sites for hydroxylation is 2. The van der Waals surface area contributed by atoms with Crippen LogP contribution in [0.15, 0.2) is 45.6 Å². The second kappa shape index (κ2) is 10.2. The summed E-state index contributed by atoms with van der Waals surface area (Å²) in [6.45, 7) is 5.17. The molecule has 7 nitrogen and oxygen atoms in total. The number of piperidine rings is 1. The van der Waals surface area contributed by atoms with Gasteiger partial charge in [-0.15, -0.1) is 0 Å². The molecule has 0 radical (unpaired) electrons. The average Bonchev–Trinajstić information content (AvgIpc) is 2.90. The molecule has 2 aliphatic rings. The Morgan fingerprint density at radius 3 is 2.81 bits per heavy atom. The standard InChI is InChI=1S/C30H35NO6/c1-19-24-10-11-26(36-18-21-7-6-9-23(15-21)35-3)20(2)28(24)37-29(33)25(19)16-27(32)31-14-13-30(34)12-5-4-8-22(30)17-31/h6-7,9-11,15,22,34H,4-5,8,12-14,16-18H2,1-3H3/t22-,30-/m0/s1. The third kappa shape index (κ3) is 4.97. The fourth-order valence-corrected chi connectivity index (χ4v) is 5.92. The topological polar surface area (TPSA) is 89.2 Å². The molecule has 1 aliphatic heterocycles. The lowest BCUT2D eigenvalue weighted by atomic mass is 9.71. The highest BCUT2D eigenvalue weighted by atomic mass is 16.5. The van der Waals surface area contributed by atoms with E-state index < -0.39 is 11.2 Å². The minimum absolute atomic E-state index is 0.00238. The van der Waals surface area contributed by atoms with Crippen molar-refractivity contribution < 1.29 is 23.8 Å². The molecule has 1 saturated heterocycles. The van der Waals surface area contributed by atoms with Crippen LogP contribution in [0.1, 0.15) is 54.4 Å². The Morgan fingerprint density at radius 1 is 1.16 bits per heavy atom. The molecule has 37 heavy (non-hydrogen) atoms. The van der Waals surface area contributed by atoms with Crippen LogP contribution >= 0.6 is 0 Å². The molecule has 1 N–H and O–H groups in total. The Bertz CT molecular complexity index is 1380. The van der Waals surface area contributed by atoms with Crippen LogP contribution in [0.4, 0.5) is 0 Å². The summed E-state index contributed by atoms with van der Waals surface area (Å²) in [5.74, 6) is 1.43. The molecular weight excluding hydrogens is 470 g/mol. The summed E-state index contributed by atoms with van der Waals surface area (Å²) in [5, 5.41) is 11.7. The number of carbonyl (C=O) groups is 1. The number of amides is 1. The normalized spacial score (nSPS) is 21.5. The predicted molar refractivity (Wildman–Crippen MR) is 141 cm³/mol. The Balaban J connectivity index is 1.34. The molecule has 3 aromatic rings. The third-order valence-electron chi connectivity index (χ3n) is 8.29. The number of rotatable bonds is 6. The average molecular weight is 506 g/mol. The highest BCUT2D eigenvalue weighted by Gasteiger charge is 2.43. The maximum atomic E-state index is 13.2. The number of ether oxygens (including phenoxy) is 2. The SMILES string of the molecule is COc1cccc(COc2ccc3c(C)c(CC(=O)N4CC[C@@]5(O)CCCC[C@H]5C4)c(=O)oc3c2C)c1. The van der Waals surface area contributed by atoms with Crippen molar-refractivity contribution in [1.29, 1.82) is 0 Å². The van der Waals surface area contributed by atoms with Gasteiger partial charge in [-0.25, -0.2) is 4.79 Å². The molecule has 1 saturated carbocycles. The van der Waals surface area contributed by atoms with Crippen LogP contribution in [-0.4, -0.2) is 41.7 Å². The van der Waals surface area contributed by atoms with Crippen LogP contribution in [0.2, 0.25) is 0 Å². The molecule has 2 aromatic carbocycles.